The summed E-state index contributed by atoms with van der Waals surface area (Å²) in [5, 5.41) is 3.46. The number of methoxy groups -OCH3 is 1. The van der Waals surface area contributed by atoms with E-state index in [-0.39, 0.29) is 24.3 Å². The molecule has 1 saturated carbocycles. The highest BCUT2D eigenvalue weighted by Gasteiger charge is 2.46. The van der Waals surface area contributed by atoms with E-state index in [0.29, 0.717) is 21.6 Å². The van der Waals surface area contributed by atoms with Crippen molar-refractivity contribution in [3.8, 4) is 5.75 Å². The van der Waals surface area contributed by atoms with Crippen LogP contribution >= 0.6 is 23.4 Å². The van der Waals surface area contributed by atoms with Crippen molar-refractivity contribution in [2.75, 3.05) is 12.4 Å². The summed E-state index contributed by atoms with van der Waals surface area (Å²) in [4.78, 5) is 32.0. The van der Waals surface area contributed by atoms with Crippen molar-refractivity contribution in [1.82, 2.24) is 4.90 Å². The number of nitrogens with one attached hydrogen (secondary N) is 1. The van der Waals surface area contributed by atoms with E-state index < -0.39 is 5.25 Å². The minimum absolute atomic E-state index is 0.0518. The van der Waals surface area contributed by atoms with Gasteiger partial charge in [0, 0.05) is 17.5 Å². The number of ether oxygens (including phenoxy) is 1. The molecule has 1 aliphatic carbocycles. The Labute approximate surface area is 178 Å². The highest BCUT2D eigenvalue weighted by molar-refractivity contribution is 8.15. The molecule has 1 saturated heterocycles. The van der Waals surface area contributed by atoms with Gasteiger partial charge in [0.25, 0.3) is 0 Å². The Balaban J connectivity index is 1.49. The van der Waals surface area contributed by atoms with Gasteiger partial charge in [-0.1, -0.05) is 41.6 Å². The summed E-state index contributed by atoms with van der Waals surface area (Å²) in [7, 11) is 1.52. The van der Waals surface area contributed by atoms with Crippen LogP contribution in [0.3, 0.4) is 0 Å². The first-order valence-electron chi connectivity index (χ1n) is 9.32. The van der Waals surface area contributed by atoms with Gasteiger partial charge in [-0.15, -0.1) is 0 Å². The Hall–Kier alpha value is -2.51. The summed E-state index contributed by atoms with van der Waals surface area (Å²) in [6, 6.07) is 14.7. The van der Waals surface area contributed by atoms with E-state index in [1.807, 2.05) is 30.3 Å². The van der Waals surface area contributed by atoms with Gasteiger partial charge in [-0.25, -0.2) is 4.99 Å². The van der Waals surface area contributed by atoms with Crippen LogP contribution in [0.4, 0.5) is 11.4 Å². The first-order valence-corrected chi connectivity index (χ1v) is 10.6. The topological polar surface area (TPSA) is 71.0 Å². The molecule has 8 heteroatoms. The summed E-state index contributed by atoms with van der Waals surface area (Å²) >= 11 is 7.37. The molecule has 0 spiro atoms. The Morgan fingerprint density at radius 2 is 2.03 bits per heavy atom. The summed E-state index contributed by atoms with van der Waals surface area (Å²) in [6.45, 7) is 0. The number of hydrogen-bond acceptors (Lipinski definition) is 5. The maximum absolute atomic E-state index is 13.0. The Kier molecular flexibility index (Phi) is 5.78. The number of amides is 2. The molecular formula is C21H20ClN3O3S. The van der Waals surface area contributed by atoms with Gasteiger partial charge < -0.3 is 10.1 Å². The molecule has 29 heavy (non-hydrogen) atoms. The molecule has 4 rings (SSSR count). The van der Waals surface area contributed by atoms with Crippen LogP contribution in [-0.4, -0.2) is 40.3 Å². The third-order valence-electron chi connectivity index (χ3n) is 4.67. The number of aliphatic imine (C=N–C) groups is 1. The minimum Gasteiger partial charge on any atom is -0.495 e. The summed E-state index contributed by atoms with van der Waals surface area (Å²) in [6.07, 6.45) is 1.99. The van der Waals surface area contributed by atoms with E-state index >= 15 is 0 Å². The number of benzene rings is 2. The zero-order valence-corrected chi connectivity index (χ0v) is 17.4. The van der Waals surface area contributed by atoms with Gasteiger partial charge in [-0.3, -0.25) is 14.5 Å². The van der Waals surface area contributed by atoms with Crippen molar-refractivity contribution in [2.24, 2.45) is 4.99 Å². The number of carbonyl (C=O) groups excluding carboxylic acids is 2. The van der Waals surface area contributed by atoms with Gasteiger partial charge in [-0.05, 0) is 43.2 Å². The monoisotopic (exact) mass is 429 g/mol. The smallest absolute Gasteiger partial charge is 0.242 e. The number of carbonyl (C=O) groups is 2. The second-order valence-electron chi connectivity index (χ2n) is 6.87. The van der Waals surface area contributed by atoms with E-state index in [4.69, 9.17) is 16.3 Å². The predicted octanol–water partition coefficient (Wildman–Crippen LogP) is 4.47. The number of para-hydroxylation sites is 1. The van der Waals surface area contributed by atoms with Crippen LogP contribution in [0.15, 0.2) is 53.5 Å². The molecule has 0 aromatic heterocycles. The van der Waals surface area contributed by atoms with Crippen LogP contribution in [0.2, 0.25) is 5.02 Å². The number of nitrogens with zero attached hydrogens (tertiary/aromatic N) is 2. The zero-order chi connectivity index (χ0) is 20.4. The van der Waals surface area contributed by atoms with Crippen LogP contribution in [0.25, 0.3) is 0 Å². The number of rotatable bonds is 6. The van der Waals surface area contributed by atoms with Gasteiger partial charge in [-0.2, -0.15) is 0 Å². The molecule has 1 heterocycles. The number of halogens is 1. The zero-order valence-electron chi connectivity index (χ0n) is 15.8. The van der Waals surface area contributed by atoms with Gasteiger partial charge in [0.2, 0.25) is 11.8 Å². The van der Waals surface area contributed by atoms with Gasteiger partial charge in [0.1, 0.15) is 11.0 Å². The normalized spacial score (nSPS) is 20.2. The van der Waals surface area contributed by atoms with Crippen LogP contribution in [-0.2, 0) is 9.59 Å². The predicted molar refractivity (Wildman–Crippen MR) is 116 cm³/mol. The highest BCUT2D eigenvalue weighted by Crippen LogP contribution is 2.39. The second kappa shape index (κ2) is 8.47. The average Bonchev–Trinajstić information content (AvgIpc) is 3.49. The first kappa shape index (κ1) is 19.8. The lowest BCUT2D eigenvalue weighted by molar-refractivity contribution is -0.128. The maximum Gasteiger partial charge on any atom is 0.242 e. The van der Waals surface area contributed by atoms with E-state index in [0.717, 1.165) is 18.5 Å². The molecule has 2 aliphatic rings. The summed E-state index contributed by atoms with van der Waals surface area (Å²) < 4.78 is 5.26. The van der Waals surface area contributed by atoms with Crippen LogP contribution < -0.4 is 10.1 Å². The third-order valence-corrected chi connectivity index (χ3v) is 6.05. The molecule has 1 unspecified atom stereocenters. The lowest BCUT2D eigenvalue weighted by Crippen LogP contribution is -2.35. The van der Waals surface area contributed by atoms with Crippen molar-refractivity contribution in [2.45, 2.75) is 30.6 Å². The molecule has 2 fully saturated rings. The number of amidine groups is 1. The molecule has 1 atom stereocenters. The highest BCUT2D eigenvalue weighted by atomic mass is 35.5. The van der Waals surface area contributed by atoms with Crippen LogP contribution in [0, 0.1) is 0 Å². The third kappa shape index (κ3) is 4.57. The van der Waals surface area contributed by atoms with E-state index in [1.54, 1.807) is 23.1 Å². The Bertz CT molecular complexity index is 963. The van der Waals surface area contributed by atoms with Gasteiger partial charge in [0.15, 0.2) is 5.17 Å². The lowest BCUT2D eigenvalue weighted by Gasteiger charge is -2.15. The van der Waals surface area contributed by atoms with E-state index in [2.05, 4.69) is 10.3 Å². The molecule has 1 N–H and O–H groups in total. The molecule has 1 aliphatic heterocycles. The summed E-state index contributed by atoms with van der Waals surface area (Å²) in [5.41, 5.74) is 1.28. The lowest BCUT2D eigenvalue weighted by atomic mass is 10.2. The molecular weight excluding hydrogens is 410 g/mol. The number of thioether (sulfide) groups is 1. The fourth-order valence-corrected chi connectivity index (χ4v) is 4.51. The van der Waals surface area contributed by atoms with Crippen LogP contribution in [0.5, 0.6) is 5.75 Å². The first-order chi connectivity index (χ1) is 14.0. The molecule has 2 amide bonds. The number of anilines is 1. The fraction of sp³-hybridized carbons (Fsp3) is 0.286. The average molecular weight is 430 g/mol. The Morgan fingerprint density at radius 1 is 1.28 bits per heavy atom. The van der Waals surface area contributed by atoms with Crippen LogP contribution in [0.1, 0.15) is 19.3 Å². The van der Waals surface area contributed by atoms with Crippen molar-refractivity contribution >= 4 is 51.7 Å². The van der Waals surface area contributed by atoms with Crippen molar-refractivity contribution in [3.05, 3.63) is 53.6 Å². The molecule has 150 valence electrons. The minimum atomic E-state index is -0.497. The molecule has 6 nitrogen and oxygen atoms in total. The molecule has 0 bridgehead atoms. The van der Waals surface area contributed by atoms with Crippen molar-refractivity contribution < 1.29 is 14.3 Å². The second-order valence-corrected chi connectivity index (χ2v) is 8.48. The SMILES string of the molecule is COc1ccc(Cl)cc1NC(=O)CC1SC(=Nc2ccccc2)N(C2CC2)C1=O. The molecule has 0 radical (unpaired) electrons. The van der Waals surface area contributed by atoms with E-state index in [9.17, 15) is 9.59 Å². The fourth-order valence-electron chi connectivity index (χ4n) is 3.12. The molecule has 2 aromatic rings. The summed E-state index contributed by atoms with van der Waals surface area (Å²) in [5.74, 6) is 0.188. The largest absolute Gasteiger partial charge is 0.495 e. The van der Waals surface area contributed by atoms with Gasteiger partial charge >= 0.3 is 0 Å². The van der Waals surface area contributed by atoms with Gasteiger partial charge in [0.05, 0.1) is 18.5 Å². The standard InChI is InChI=1S/C21H20ClN3O3S/c1-28-17-10-7-13(22)11-16(17)24-19(26)12-18-20(27)25(15-8-9-15)21(29-18)23-14-5-3-2-4-6-14/h2-7,10-11,15,18H,8-9,12H2,1H3,(H,24,26). The molecule has 2 aromatic carbocycles. The van der Waals surface area contributed by atoms with Crippen molar-refractivity contribution in [3.63, 3.8) is 0 Å². The van der Waals surface area contributed by atoms with Crippen molar-refractivity contribution in [1.29, 1.82) is 0 Å². The maximum atomic E-state index is 13.0. The Morgan fingerprint density at radius 3 is 2.72 bits per heavy atom. The van der Waals surface area contributed by atoms with E-state index in [1.165, 1.54) is 18.9 Å². The quantitative estimate of drug-likeness (QED) is 0.735. The number of hydrogen-bond donors (Lipinski definition) is 1.